The quantitative estimate of drug-likeness (QED) is 0.584. The SMILES string of the molecule is O=Cc1ccc(CC(Br)C=O)o1. The second kappa shape index (κ2) is 4.21. The largest absolute Gasteiger partial charge is 0.458 e. The molecule has 1 unspecified atom stereocenters. The fourth-order valence-electron chi connectivity index (χ4n) is 0.808. The molecule has 1 aromatic heterocycles. The normalized spacial score (nSPS) is 12.4. The highest BCUT2D eigenvalue weighted by Crippen LogP contribution is 2.11. The van der Waals surface area contributed by atoms with Crippen LogP contribution < -0.4 is 0 Å². The van der Waals surface area contributed by atoms with E-state index in [0.29, 0.717) is 18.5 Å². The van der Waals surface area contributed by atoms with Gasteiger partial charge in [-0.15, -0.1) is 0 Å². The lowest BCUT2D eigenvalue weighted by molar-refractivity contribution is -0.107. The van der Waals surface area contributed by atoms with E-state index in [0.717, 1.165) is 6.29 Å². The van der Waals surface area contributed by atoms with Gasteiger partial charge in [0.2, 0.25) is 0 Å². The predicted octanol–water partition coefficient (Wildman–Crippen LogP) is 1.60. The van der Waals surface area contributed by atoms with Gasteiger partial charge < -0.3 is 9.21 Å². The smallest absolute Gasteiger partial charge is 0.185 e. The third-order valence-corrected chi connectivity index (χ3v) is 1.88. The molecule has 0 aliphatic heterocycles. The molecule has 3 nitrogen and oxygen atoms in total. The molecule has 0 bridgehead atoms. The van der Waals surface area contributed by atoms with E-state index in [1.165, 1.54) is 0 Å². The molecule has 1 atom stereocenters. The molecule has 1 heterocycles. The van der Waals surface area contributed by atoms with Crippen LogP contribution in [0, 0.1) is 0 Å². The number of rotatable bonds is 4. The van der Waals surface area contributed by atoms with Crippen molar-refractivity contribution >= 4 is 28.5 Å². The number of hydrogen-bond acceptors (Lipinski definition) is 3. The first kappa shape index (κ1) is 9.19. The Labute approximate surface area is 77.9 Å². The summed E-state index contributed by atoms with van der Waals surface area (Å²) in [7, 11) is 0. The molecule has 1 aromatic rings. The van der Waals surface area contributed by atoms with E-state index in [1.807, 2.05) is 0 Å². The summed E-state index contributed by atoms with van der Waals surface area (Å²) in [6.07, 6.45) is 1.88. The Bertz CT molecular complexity index is 280. The third kappa shape index (κ3) is 2.30. The second-order valence-electron chi connectivity index (χ2n) is 2.28. The Morgan fingerprint density at radius 3 is 2.75 bits per heavy atom. The van der Waals surface area contributed by atoms with Crippen LogP contribution in [0.1, 0.15) is 16.3 Å². The van der Waals surface area contributed by atoms with Crippen LogP contribution in [0.3, 0.4) is 0 Å². The lowest BCUT2D eigenvalue weighted by Gasteiger charge is -1.95. The molecule has 0 amide bonds. The molecule has 1 rings (SSSR count). The van der Waals surface area contributed by atoms with Gasteiger partial charge in [-0.25, -0.2) is 0 Å². The van der Waals surface area contributed by atoms with Crippen molar-refractivity contribution in [1.29, 1.82) is 0 Å². The molecule has 0 N–H and O–H groups in total. The molecule has 0 spiro atoms. The number of halogens is 1. The molecule has 0 saturated heterocycles. The number of carbonyl (C=O) groups excluding carboxylic acids is 2. The van der Waals surface area contributed by atoms with E-state index >= 15 is 0 Å². The van der Waals surface area contributed by atoms with Crippen LogP contribution in [0.4, 0.5) is 0 Å². The standard InChI is InChI=1S/C8H7BrO3/c9-6(4-10)3-7-1-2-8(5-11)12-7/h1-2,4-6H,3H2. The van der Waals surface area contributed by atoms with Crippen LogP contribution in [0.25, 0.3) is 0 Å². The molecule has 0 aliphatic carbocycles. The molecule has 0 saturated carbocycles. The lowest BCUT2D eigenvalue weighted by Crippen LogP contribution is -2.02. The predicted molar refractivity (Wildman–Crippen MR) is 46.6 cm³/mol. The van der Waals surface area contributed by atoms with Crippen LogP contribution in [0.2, 0.25) is 0 Å². The van der Waals surface area contributed by atoms with Crippen molar-refractivity contribution in [2.75, 3.05) is 0 Å². The van der Waals surface area contributed by atoms with E-state index in [1.54, 1.807) is 12.1 Å². The van der Waals surface area contributed by atoms with Crippen molar-refractivity contribution in [3.63, 3.8) is 0 Å². The van der Waals surface area contributed by atoms with Crippen LogP contribution in [0.15, 0.2) is 16.5 Å². The summed E-state index contributed by atoms with van der Waals surface area (Å²) in [4.78, 5) is 20.2. The highest BCUT2D eigenvalue weighted by atomic mass is 79.9. The minimum absolute atomic E-state index is 0.247. The fourth-order valence-corrected chi connectivity index (χ4v) is 1.13. The van der Waals surface area contributed by atoms with Crippen molar-refractivity contribution in [2.45, 2.75) is 11.2 Å². The van der Waals surface area contributed by atoms with Crippen LogP contribution in [-0.4, -0.2) is 17.4 Å². The van der Waals surface area contributed by atoms with Crippen molar-refractivity contribution in [3.05, 3.63) is 23.7 Å². The summed E-state index contributed by atoms with van der Waals surface area (Å²) in [6, 6.07) is 3.26. The minimum atomic E-state index is -0.247. The molecule has 64 valence electrons. The van der Waals surface area contributed by atoms with Gasteiger partial charge in [0.1, 0.15) is 12.0 Å². The molecular formula is C8H7BrO3. The Morgan fingerprint density at radius 2 is 2.25 bits per heavy atom. The van der Waals surface area contributed by atoms with Crippen LogP contribution in [0.5, 0.6) is 0 Å². The first-order valence-corrected chi connectivity index (χ1v) is 4.31. The van der Waals surface area contributed by atoms with Crippen LogP contribution in [-0.2, 0) is 11.2 Å². The van der Waals surface area contributed by atoms with E-state index in [2.05, 4.69) is 15.9 Å². The van der Waals surface area contributed by atoms with Crippen molar-refractivity contribution in [1.82, 2.24) is 0 Å². The van der Waals surface area contributed by atoms with Gasteiger partial charge in [0.05, 0.1) is 4.83 Å². The zero-order valence-corrected chi connectivity index (χ0v) is 7.78. The topological polar surface area (TPSA) is 47.3 Å². The maximum atomic E-state index is 10.2. The number of alkyl halides is 1. The van der Waals surface area contributed by atoms with E-state index < -0.39 is 0 Å². The zero-order valence-electron chi connectivity index (χ0n) is 6.20. The Kier molecular flexibility index (Phi) is 3.22. The molecule has 0 aromatic carbocycles. The summed E-state index contributed by atoms with van der Waals surface area (Å²) < 4.78 is 5.05. The summed E-state index contributed by atoms with van der Waals surface area (Å²) >= 11 is 3.13. The number of furan rings is 1. The van der Waals surface area contributed by atoms with Gasteiger partial charge in [0.25, 0.3) is 0 Å². The van der Waals surface area contributed by atoms with Gasteiger partial charge in [-0.05, 0) is 12.1 Å². The first-order chi connectivity index (χ1) is 5.76. The summed E-state index contributed by atoms with van der Waals surface area (Å²) in [6.45, 7) is 0. The van der Waals surface area contributed by atoms with E-state index in [9.17, 15) is 9.59 Å². The van der Waals surface area contributed by atoms with E-state index in [4.69, 9.17) is 4.42 Å². The number of aldehydes is 2. The van der Waals surface area contributed by atoms with Crippen LogP contribution >= 0.6 is 15.9 Å². The molecule has 0 fully saturated rings. The Morgan fingerprint density at radius 1 is 1.50 bits per heavy atom. The number of carbonyl (C=O) groups is 2. The third-order valence-electron chi connectivity index (χ3n) is 1.34. The summed E-state index contributed by atoms with van der Waals surface area (Å²) in [5, 5.41) is 0. The molecule has 4 heteroatoms. The summed E-state index contributed by atoms with van der Waals surface area (Å²) in [5.74, 6) is 0.918. The Hall–Kier alpha value is -0.900. The summed E-state index contributed by atoms with van der Waals surface area (Å²) in [5.41, 5.74) is 0. The van der Waals surface area contributed by atoms with Crippen molar-refractivity contribution in [2.24, 2.45) is 0 Å². The van der Waals surface area contributed by atoms with Gasteiger partial charge >= 0.3 is 0 Å². The minimum Gasteiger partial charge on any atom is -0.458 e. The van der Waals surface area contributed by atoms with Gasteiger partial charge in [-0.3, -0.25) is 4.79 Å². The van der Waals surface area contributed by atoms with Crippen molar-refractivity contribution in [3.8, 4) is 0 Å². The maximum absolute atomic E-state index is 10.2. The monoisotopic (exact) mass is 230 g/mol. The van der Waals surface area contributed by atoms with Crippen molar-refractivity contribution < 1.29 is 14.0 Å². The highest BCUT2D eigenvalue weighted by Gasteiger charge is 2.07. The molecule has 0 radical (unpaired) electrons. The first-order valence-electron chi connectivity index (χ1n) is 3.39. The second-order valence-corrected chi connectivity index (χ2v) is 3.45. The zero-order chi connectivity index (χ0) is 8.97. The van der Waals surface area contributed by atoms with Gasteiger partial charge in [-0.1, -0.05) is 15.9 Å². The highest BCUT2D eigenvalue weighted by molar-refractivity contribution is 9.09. The molecule has 0 aliphatic rings. The lowest BCUT2D eigenvalue weighted by atomic mass is 10.3. The van der Waals surface area contributed by atoms with Gasteiger partial charge in [0.15, 0.2) is 12.0 Å². The maximum Gasteiger partial charge on any atom is 0.185 e. The van der Waals surface area contributed by atoms with Gasteiger partial charge in [-0.2, -0.15) is 0 Å². The van der Waals surface area contributed by atoms with Gasteiger partial charge in [0, 0.05) is 6.42 Å². The average molecular weight is 231 g/mol. The average Bonchev–Trinajstić information content (AvgIpc) is 2.52. The fraction of sp³-hybridized carbons (Fsp3) is 0.250. The van der Waals surface area contributed by atoms with E-state index in [-0.39, 0.29) is 10.6 Å². The Balaban J connectivity index is 2.63. The molecular weight excluding hydrogens is 224 g/mol. The molecule has 12 heavy (non-hydrogen) atoms. The number of hydrogen-bond donors (Lipinski definition) is 0.